The largest absolute Gasteiger partial charge is 0.489 e. The minimum absolute atomic E-state index is 0.0191. The predicted octanol–water partition coefficient (Wildman–Crippen LogP) is 7.45. The Bertz CT molecular complexity index is 1370. The molecular formula is C27H20Cl3N3O2S. The van der Waals surface area contributed by atoms with Crippen LogP contribution in [0.2, 0.25) is 15.1 Å². The Morgan fingerprint density at radius 3 is 2.44 bits per heavy atom. The Morgan fingerprint density at radius 2 is 1.75 bits per heavy atom. The molecule has 1 unspecified atom stereocenters. The number of hydrogen-bond acceptors (Lipinski definition) is 5. The predicted molar refractivity (Wildman–Crippen MR) is 145 cm³/mol. The van der Waals surface area contributed by atoms with Crippen LogP contribution < -0.4 is 9.64 Å². The monoisotopic (exact) mass is 555 g/mol. The first kappa shape index (κ1) is 24.9. The van der Waals surface area contributed by atoms with Crippen LogP contribution >= 0.6 is 46.6 Å². The van der Waals surface area contributed by atoms with E-state index in [1.54, 1.807) is 17.0 Å². The highest BCUT2D eigenvalue weighted by Gasteiger charge is 2.38. The molecule has 36 heavy (non-hydrogen) atoms. The Hall–Kier alpha value is -2.82. The molecule has 0 bridgehead atoms. The Morgan fingerprint density at radius 1 is 1.00 bits per heavy atom. The molecule has 0 aliphatic carbocycles. The fraction of sp³-hybridized carbons (Fsp3) is 0.185. The second kappa shape index (κ2) is 10.7. The van der Waals surface area contributed by atoms with Gasteiger partial charge in [0, 0.05) is 23.0 Å². The molecule has 1 amide bonds. The summed E-state index contributed by atoms with van der Waals surface area (Å²) in [5.74, 6) is 0.997. The number of fused-ring (bicyclic) bond motifs is 1. The minimum atomic E-state index is -0.289. The van der Waals surface area contributed by atoms with Gasteiger partial charge in [-0.15, -0.1) is 0 Å². The highest BCUT2D eigenvalue weighted by molar-refractivity contribution is 8.03. The summed E-state index contributed by atoms with van der Waals surface area (Å²) in [6, 6.07) is 22.9. The molecule has 2 heterocycles. The summed E-state index contributed by atoms with van der Waals surface area (Å²) < 4.78 is 5.88. The fourth-order valence-electron chi connectivity index (χ4n) is 4.24. The molecule has 2 aliphatic rings. The maximum Gasteiger partial charge on any atom is 0.229 e. The number of nitrogens with zero attached hydrogens (tertiary/aromatic N) is 3. The van der Waals surface area contributed by atoms with Gasteiger partial charge in [0.05, 0.1) is 39.3 Å². The standard InChI is InChI=1S/C27H20Cl3N3O2S/c28-19-5-1-17(2-6-19)14-35-21-8-3-18(4-9-21)22-12-26(34)33-15-32(16-36-27(33)23(22)13-31)20-7-10-24(29)25(30)11-20/h1-11,22H,12,14-16H2. The molecule has 3 aromatic rings. The molecule has 5 rings (SSSR count). The van der Waals surface area contributed by atoms with Crippen molar-refractivity contribution in [2.45, 2.75) is 18.9 Å². The second-order valence-electron chi connectivity index (χ2n) is 8.45. The first-order valence-corrected chi connectivity index (χ1v) is 13.3. The summed E-state index contributed by atoms with van der Waals surface area (Å²) in [6.45, 7) is 0.779. The van der Waals surface area contributed by atoms with Gasteiger partial charge in [0.2, 0.25) is 5.91 Å². The highest BCUT2D eigenvalue weighted by Crippen LogP contribution is 2.43. The van der Waals surface area contributed by atoms with Crippen molar-refractivity contribution in [3.63, 3.8) is 0 Å². The van der Waals surface area contributed by atoms with Crippen LogP contribution in [0, 0.1) is 11.3 Å². The van der Waals surface area contributed by atoms with Crippen LogP contribution in [0.15, 0.2) is 77.3 Å². The van der Waals surface area contributed by atoms with Crippen molar-refractivity contribution in [3.8, 4) is 11.8 Å². The molecule has 0 aromatic heterocycles. The molecule has 1 atom stereocenters. The van der Waals surface area contributed by atoms with Crippen molar-refractivity contribution >= 4 is 58.2 Å². The number of allylic oxidation sites excluding steroid dienone is 1. The third-order valence-electron chi connectivity index (χ3n) is 6.16. The van der Waals surface area contributed by atoms with Crippen LogP contribution in [-0.2, 0) is 11.4 Å². The van der Waals surface area contributed by atoms with Crippen molar-refractivity contribution in [1.82, 2.24) is 4.90 Å². The van der Waals surface area contributed by atoms with E-state index in [1.807, 2.05) is 59.5 Å². The molecule has 0 saturated carbocycles. The summed E-state index contributed by atoms with van der Waals surface area (Å²) in [5.41, 5.74) is 3.42. The molecule has 1 fully saturated rings. The number of carbonyl (C=O) groups is 1. The molecule has 0 spiro atoms. The van der Waals surface area contributed by atoms with Gasteiger partial charge in [-0.1, -0.05) is 70.8 Å². The number of thioether (sulfide) groups is 1. The van der Waals surface area contributed by atoms with Crippen LogP contribution in [0.3, 0.4) is 0 Å². The number of ether oxygens (including phenoxy) is 1. The van der Waals surface area contributed by atoms with Gasteiger partial charge in [-0.05, 0) is 53.6 Å². The first-order chi connectivity index (χ1) is 17.4. The number of rotatable bonds is 5. The zero-order valence-electron chi connectivity index (χ0n) is 19.0. The van der Waals surface area contributed by atoms with Crippen molar-refractivity contribution in [1.29, 1.82) is 5.26 Å². The number of anilines is 1. The lowest BCUT2D eigenvalue weighted by molar-refractivity contribution is -0.129. The fourth-order valence-corrected chi connectivity index (χ4v) is 5.82. The van der Waals surface area contributed by atoms with Crippen molar-refractivity contribution in [3.05, 3.63) is 104 Å². The van der Waals surface area contributed by atoms with E-state index in [1.165, 1.54) is 11.8 Å². The van der Waals surface area contributed by atoms with Crippen molar-refractivity contribution in [2.75, 3.05) is 17.4 Å². The number of hydrogen-bond donors (Lipinski definition) is 0. The van der Waals surface area contributed by atoms with E-state index in [9.17, 15) is 10.1 Å². The maximum absolute atomic E-state index is 13.2. The molecule has 0 N–H and O–H groups in total. The number of nitriles is 1. The molecule has 182 valence electrons. The topological polar surface area (TPSA) is 56.6 Å². The third kappa shape index (κ3) is 5.16. The van der Waals surface area contributed by atoms with Gasteiger partial charge < -0.3 is 9.64 Å². The Labute approximate surface area is 228 Å². The Kier molecular flexibility index (Phi) is 7.36. The molecule has 1 saturated heterocycles. The number of carbonyl (C=O) groups excluding carboxylic acids is 1. The second-order valence-corrected chi connectivity index (χ2v) is 10.6. The zero-order valence-corrected chi connectivity index (χ0v) is 22.0. The van der Waals surface area contributed by atoms with Crippen LogP contribution in [0.5, 0.6) is 5.75 Å². The average Bonchev–Trinajstić information content (AvgIpc) is 2.90. The van der Waals surface area contributed by atoms with Crippen LogP contribution in [0.4, 0.5) is 5.69 Å². The molecule has 0 radical (unpaired) electrons. The lowest BCUT2D eigenvalue weighted by Gasteiger charge is -2.42. The first-order valence-electron chi connectivity index (χ1n) is 11.2. The lowest BCUT2D eigenvalue weighted by atomic mass is 9.86. The van der Waals surface area contributed by atoms with Crippen LogP contribution in [-0.4, -0.2) is 23.4 Å². The molecule has 3 aromatic carbocycles. The van der Waals surface area contributed by atoms with E-state index in [0.29, 0.717) is 45.5 Å². The van der Waals surface area contributed by atoms with E-state index in [0.717, 1.165) is 21.8 Å². The number of benzene rings is 3. The van der Waals surface area contributed by atoms with E-state index in [-0.39, 0.29) is 18.2 Å². The van der Waals surface area contributed by atoms with Gasteiger partial charge in [0.1, 0.15) is 12.4 Å². The molecular weight excluding hydrogens is 537 g/mol. The molecule has 5 nitrogen and oxygen atoms in total. The van der Waals surface area contributed by atoms with Crippen molar-refractivity contribution < 1.29 is 9.53 Å². The number of halogens is 3. The normalized spacial score (nSPS) is 17.6. The van der Waals surface area contributed by atoms with Gasteiger partial charge in [-0.2, -0.15) is 5.26 Å². The average molecular weight is 557 g/mol. The van der Waals surface area contributed by atoms with Crippen LogP contribution in [0.25, 0.3) is 0 Å². The van der Waals surface area contributed by atoms with Gasteiger partial charge in [-0.25, -0.2) is 0 Å². The summed E-state index contributed by atoms with van der Waals surface area (Å²) in [5, 5.41) is 12.4. The van der Waals surface area contributed by atoms with E-state index in [4.69, 9.17) is 39.5 Å². The van der Waals surface area contributed by atoms with Gasteiger partial charge in [0.15, 0.2) is 0 Å². The van der Waals surface area contributed by atoms with Crippen molar-refractivity contribution in [2.24, 2.45) is 0 Å². The zero-order chi connectivity index (χ0) is 25.2. The number of amides is 1. The quantitative estimate of drug-likeness (QED) is 0.327. The summed E-state index contributed by atoms with van der Waals surface area (Å²) in [4.78, 5) is 16.9. The van der Waals surface area contributed by atoms with E-state index in [2.05, 4.69) is 6.07 Å². The lowest BCUT2D eigenvalue weighted by Crippen LogP contribution is -2.47. The molecule has 2 aliphatic heterocycles. The van der Waals surface area contributed by atoms with E-state index < -0.39 is 0 Å². The van der Waals surface area contributed by atoms with Gasteiger partial charge >= 0.3 is 0 Å². The van der Waals surface area contributed by atoms with Crippen LogP contribution in [0.1, 0.15) is 23.5 Å². The highest BCUT2D eigenvalue weighted by atomic mass is 35.5. The van der Waals surface area contributed by atoms with E-state index >= 15 is 0 Å². The summed E-state index contributed by atoms with van der Waals surface area (Å²) in [6.07, 6.45) is 0.229. The maximum atomic E-state index is 13.2. The third-order valence-corrected chi connectivity index (χ3v) is 8.31. The Balaban J connectivity index is 1.32. The molecule has 9 heteroatoms. The van der Waals surface area contributed by atoms with Gasteiger partial charge in [0.25, 0.3) is 0 Å². The summed E-state index contributed by atoms with van der Waals surface area (Å²) in [7, 11) is 0. The SMILES string of the molecule is N#CC1=C2SCN(c3ccc(Cl)c(Cl)c3)CN2C(=O)CC1c1ccc(OCc2ccc(Cl)cc2)cc1. The minimum Gasteiger partial charge on any atom is -0.489 e. The smallest absolute Gasteiger partial charge is 0.229 e. The summed E-state index contributed by atoms with van der Waals surface area (Å²) >= 11 is 19.7. The van der Waals surface area contributed by atoms with Gasteiger partial charge in [-0.3, -0.25) is 9.69 Å².